The summed E-state index contributed by atoms with van der Waals surface area (Å²) in [5, 5.41) is 3.38. The van der Waals surface area contributed by atoms with Gasteiger partial charge in [0.15, 0.2) is 6.61 Å². The van der Waals surface area contributed by atoms with Crippen molar-refractivity contribution >= 4 is 40.8 Å². The maximum absolute atomic E-state index is 12.2. The Labute approximate surface area is 156 Å². The number of amides is 1. The van der Waals surface area contributed by atoms with Gasteiger partial charge in [-0.15, -0.1) is 0 Å². The van der Waals surface area contributed by atoms with E-state index >= 15 is 0 Å². The van der Waals surface area contributed by atoms with Crippen LogP contribution in [0, 0.1) is 0 Å². The van der Waals surface area contributed by atoms with Crippen molar-refractivity contribution in [2.24, 2.45) is 0 Å². The molecule has 2 aromatic carbocycles. The van der Waals surface area contributed by atoms with Crippen LogP contribution < -0.4 is 5.32 Å². The number of aryl methyl sites for hydroxylation is 2. The standard InChI is InChI=1S/C19H17Cl2NO3/c20-15-7-8-16(21)17(10-15)22-18(23)11-25-19(24)14-6-5-12-3-1-2-4-13(12)9-14/h5-10H,1-4,11H2,(H,22,23). The summed E-state index contributed by atoms with van der Waals surface area (Å²) in [5.74, 6) is -0.990. The minimum absolute atomic E-state index is 0.360. The SMILES string of the molecule is O=C(COC(=O)c1ccc2c(c1)CCCC2)Nc1cc(Cl)ccc1Cl. The lowest BCUT2D eigenvalue weighted by molar-refractivity contribution is -0.119. The van der Waals surface area contributed by atoms with Gasteiger partial charge in [-0.05, 0) is 67.1 Å². The second-order valence-corrected chi connectivity index (χ2v) is 6.78. The maximum Gasteiger partial charge on any atom is 0.338 e. The van der Waals surface area contributed by atoms with Crippen LogP contribution in [0.3, 0.4) is 0 Å². The van der Waals surface area contributed by atoms with Gasteiger partial charge in [-0.25, -0.2) is 4.79 Å². The predicted octanol–water partition coefficient (Wildman–Crippen LogP) is 4.67. The summed E-state index contributed by atoms with van der Waals surface area (Å²) >= 11 is 11.9. The molecule has 0 bridgehead atoms. The summed E-state index contributed by atoms with van der Waals surface area (Å²) in [6, 6.07) is 10.3. The molecule has 1 N–H and O–H groups in total. The normalized spacial score (nSPS) is 13.0. The topological polar surface area (TPSA) is 55.4 Å². The Morgan fingerprint density at radius 1 is 1.00 bits per heavy atom. The summed E-state index contributed by atoms with van der Waals surface area (Å²) in [4.78, 5) is 24.1. The summed E-state index contributed by atoms with van der Waals surface area (Å²) in [6.07, 6.45) is 4.34. The molecule has 130 valence electrons. The number of nitrogens with one attached hydrogen (secondary N) is 1. The van der Waals surface area contributed by atoms with Gasteiger partial charge in [0, 0.05) is 5.02 Å². The number of rotatable bonds is 4. The lowest BCUT2D eigenvalue weighted by atomic mass is 9.90. The van der Waals surface area contributed by atoms with Gasteiger partial charge in [-0.1, -0.05) is 29.3 Å². The average Bonchev–Trinajstić information content (AvgIpc) is 2.62. The van der Waals surface area contributed by atoms with E-state index in [1.54, 1.807) is 18.2 Å². The molecule has 0 saturated heterocycles. The Morgan fingerprint density at radius 2 is 1.76 bits per heavy atom. The first-order valence-electron chi connectivity index (χ1n) is 8.07. The minimum atomic E-state index is -0.513. The lowest BCUT2D eigenvalue weighted by Crippen LogP contribution is -2.21. The molecule has 0 saturated carbocycles. The highest BCUT2D eigenvalue weighted by Crippen LogP contribution is 2.25. The number of esters is 1. The molecule has 0 unspecified atom stereocenters. The molecule has 0 radical (unpaired) electrons. The zero-order valence-electron chi connectivity index (χ0n) is 13.5. The number of anilines is 1. The Balaban J connectivity index is 1.58. The monoisotopic (exact) mass is 377 g/mol. The third-order valence-electron chi connectivity index (χ3n) is 4.12. The van der Waals surface area contributed by atoms with Gasteiger partial charge in [0.05, 0.1) is 16.3 Å². The van der Waals surface area contributed by atoms with Gasteiger partial charge in [-0.2, -0.15) is 0 Å². The molecule has 25 heavy (non-hydrogen) atoms. The van der Waals surface area contributed by atoms with E-state index in [4.69, 9.17) is 27.9 Å². The third-order valence-corrected chi connectivity index (χ3v) is 4.69. The molecule has 1 aliphatic rings. The number of hydrogen-bond donors (Lipinski definition) is 1. The van der Waals surface area contributed by atoms with Crippen LogP contribution >= 0.6 is 23.2 Å². The number of carbonyl (C=O) groups excluding carboxylic acids is 2. The molecule has 6 heteroatoms. The van der Waals surface area contributed by atoms with Crippen molar-refractivity contribution in [3.8, 4) is 0 Å². The van der Waals surface area contributed by atoms with Crippen LogP contribution in [0.5, 0.6) is 0 Å². The number of carbonyl (C=O) groups is 2. The second-order valence-electron chi connectivity index (χ2n) is 5.94. The van der Waals surface area contributed by atoms with Gasteiger partial charge in [0.25, 0.3) is 5.91 Å². The fraction of sp³-hybridized carbons (Fsp3) is 0.263. The van der Waals surface area contributed by atoms with Crippen LogP contribution in [0.25, 0.3) is 0 Å². The van der Waals surface area contributed by atoms with Crippen molar-refractivity contribution in [2.75, 3.05) is 11.9 Å². The highest BCUT2D eigenvalue weighted by atomic mass is 35.5. The fourth-order valence-electron chi connectivity index (χ4n) is 2.85. The number of hydrogen-bond acceptors (Lipinski definition) is 3. The first kappa shape index (κ1) is 17.8. The molecule has 0 fully saturated rings. The summed E-state index contributed by atoms with van der Waals surface area (Å²) in [6.45, 7) is -0.390. The van der Waals surface area contributed by atoms with E-state index in [0.717, 1.165) is 19.3 Å². The zero-order valence-corrected chi connectivity index (χ0v) is 15.0. The smallest absolute Gasteiger partial charge is 0.338 e. The van der Waals surface area contributed by atoms with Crippen LogP contribution in [0.1, 0.15) is 34.3 Å². The molecule has 0 atom stereocenters. The maximum atomic E-state index is 12.2. The molecule has 4 nitrogen and oxygen atoms in total. The summed E-state index contributed by atoms with van der Waals surface area (Å²) < 4.78 is 5.10. The molecule has 0 heterocycles. The highest BCUT2D eigenvalue weighted by Gasteiger charge is 2.15. The van der Waals surface area contributed by atoms with Crippen LogP contribution in [-0.2, 0) is 22.4 Å². The van der Waals surface area contributed by atoms with Crippen molar-refractivity contribution in [3.05, 3.63) is 63.1 Å². The largest absolute Gasteiger partial charge is 0.452 e. The molecule has 0 spiro atoms. The van der Waals surface area contributed by atoms with Gasteiger partial charge < -0.3 is 10.1 Å². The van der Waals surface area contributed by atoms with E-state index < -0.39 is 18.5 Å². The van der Waals surface area contributed by atoms with Gasteiger partial charge in [0.2, 0.25) is 0 Å². The quantitative estimate of drug-likeness (QED) is 0.787. The molecular weight excluding hydrogens is 361 g/mol. The van der Waals surface area contributed by atoms with E-state index in [1.807, 2.05) is 12.1 Å². The molecule has 1 amide bonds. The van der Waals surface area contributed by atoms with Gasteiger partial charge >= 0.3 is 5.97 Å². The lowest BCUT2D eigenvalue weighted by Gasteiger charge is -2.16. The Kier molecular flexibility index (Phi) is 5.61. The highest BCUT2D eigenvalue weighted by molar-refractivity contribution is 6.35. The molecule has 0 aromatic heterocycles. The minimum Gasteiger partial charge on any atom is -0.452 e. The van der Waals surface area contributed by atoms with Gasteiger partial charge in [-0.3, -0.25) is 4.79 Å². The van der Waals surface area contributed by atoms with Crippen molar-refractivity contribution in [2.45, 2.75) is 25.7 Å². The van der Waals surface area contributed by atoms with E-state index in [1.165, 1.54) is 23.6 Å². The molecule has 3 rings (SSSR count). The van der Waals surface area contributed by atoms with Crippen molar-refractivity contribution in [1.82, 2.24) is 0 Å². The van der Waals surface area contributed by atoms with Crippen LogP contribution in [0.4, 0.5) is 5.69 Å². The number of halogens is 2. The Bertz CT molecular complexity index is 820. The van der Waals surface area contributed by atoms with E-state index in [2.05, 4.69) is 5.32 Å². The van der Waals surface area contributed by atoms with Crippen LogP contribution in [0.15, 0.2) is 36.4 Å². The predicted molar refractivity (Wildman–Crippen MR) is 98.5 cm³/mol. The molecule has 2 aromatic rings. The molecular formula is C19H17Cl2NO3. The summed E-state index contributed by atoms with van der Waals surface area (Å²) in [7, 11) is 0. The average molecular weight is 378 g/mol. The van der Waals surface area contributed by atoms with Crippen molar-refractivity contribution < 1.29 is 14.3 Å². The first-order valence-corrected chi connectivity index (χ1v) is 8.82. The van der Waals surface area contributed by atoms with Crippen molar-refractivity contribution in [3.63, 3.8) is 0 Å². The Hall–Kier alpha value is -2.04. The van der Waals surface area contributed by atoms with Crippen LogP contribution in [0.2, 0.25) is 10.0 Å². The van der Waals surface area contributed by atoms with Crippen LogP contribution in [-0.4, -0.2) is 18.5 Å². The third kappa shape index (κ3) is 4.53. The molecule has 1 aliphatic carbocycles. The summed E-state index contributed by atoms with van der Waals surface area (Å²) in [5.41, 5.74) is 3.32. The number of fused-ring (bicyclic) bond motifs is 1. The first-order chi connectivity index (χ1) is 12.0. The Morgan fingerprint density at radius 3 is 2.56 bits per heavy atom. The second kappa shape index (κ2) is 7.89. The van der Waals surface area contributed by atoms with Crippen molar-refractivity contribution in [1.29, 1.82) is 0 Å². The fourth-order valence-corrected chi connectivity index (χ4v) is 3.19. The zero-order chi connectivity index (χ0) is 17.8. The number of benzene rings is 2. The molecule has 0 aliphatic heterocycles. The van der Waals surface area contributed by atoms with E-state index in [0.29, 0.717) is 21.3 Å². The van der Waals surface area contributed by atoms with E-state index in [-0.39, 0.29) is 0 Å². The number of ether oxygens (including phenoxy) is 1. The van der Waals surface area contributed by atoms with E-state index in [9.17, 15) is 9.59 Å². The van der Waals surface area contributed by atoms with Gasteiger partial charge in [0.1, 0.15) is 0 Å².